The molecule has 2 heterocycles. The lowest BCUT2D eigenvalue weighted by molar-refractivity contribution is 0.354. The van der Waals surface area contributed by atoms with Crippen LogP contribution in [0.25, 0.3) is 5.70 Å². The Bertz CT molecular complexity index is 966. The molecule has 7 heteroatoms. The van der Waals surface area contributed by atoms with Crippen LogP contribution in [-0.4, -0.2) is 29.0 Å². The van der Waals surface area contributed by atoms with Crippen molar-refractivity contribution in [3.63, 3.8) is 0 Å². The van der Waals surface area contributed by atoms with Gasteiger partial charge in [0.1, 0.15) is 18.2 Å². The lowest BCUT2D eigenvalue weighted by Crippen LogP contribution is -2.20. The standard InChI is InChI=1S/C19H17FN4O2/c1-25-17-8-5-13(9-18(17)26-2)16-10-15(12-3-6-14(20)7-4-12)23-19-21-11-22-24(16)19/h3-11,16H,1-2H3,(H,21,22,23). The van der Waals surface area contributed by atoms with E-state index in [2.05, 4.69) is 15.4 Å². The molecule has 2 aromatic carbocycles. The molecule has 0 bridgehead atoms. The minimum absolute atomic E-state index is 0.186. The molecule has 132 valence electrons. The van der Waals surface area contributed by atoms with E-state index in [1.807, 2.05) is 24.3 Å². The highest BCUT2D eigenvalue weighted by Crippen LogP contribution is 2.36. The number of ether oxygens (including phenoxy) is 2. The SMILES string of the molecule is COc1ccc(C2C=C(c3ccc(F)cc3)Nc3ncnn32)cc1OC. The average Bonchev–Trinajstić information content (AvgIpc) is 3.16. The molecule has 3 aromatic rings. The maximum absolute atomic E-state index is 13.2. The van der Waals surface area contributed by atoms with Gasteiger partial charge in [0.05, 0.1) is 14.2 Å². The summed E-state index contributed by atoms with van der Waals surface area (Å²) < 4.78 is 25.8. The van der Waals surface area contributed by atoms with Crippen LogP contribution in [0.5, 0.6) is 11.5 Å². The summed E-state index contributed by atoms with van der Waals surface area (Å²) in [5.74, 6) is 1.64. The first-order valence-electron chi connectivity index (χ1n) is 8.06. The molecule has 0 saturated heterocycles. The number of rotatable bonds is 4. The lowest BCUT2D eigenvalue weighted by Gasteiger charge is -2.25. The summed E-state index contributed by atoms with van der Waals surface area (Å²) in [6, 6.07) is 11.9. The molecule has 4 rings (SSSR count). The van der Waals surface area contributed by atoms with Crippen molar-refractivity contribution in [3.05, 3.63) is 71.8 Å². The molecule has 0 spiro atoms. The quantitative estimate of drug-likeness (QED) is 0.779. The number of aromatic nitrogens is 3. The summed E-state index contributed by atoms with van der Waals surface area (Å²) in [6.07, 6.45) is 3.52. The van der Waals surface area contributed by atoms with Crippen molar-refractivity contribution < 1.29 is 13.9 Å². The fourth-order valence-corrected chi connectivity index (χ4v) is 3.01. The Balaban J connectivity index is 1.80. The highest BCUT2D eigenvalue weighted by atomic mass is 19.1. The van der Waals surface area contributed by atoms with Gasteiger partial charge >= 0.3 is 0 Å². The van der Waals surface area contributed by atoms with Crippen molar-refractivity contribution in [2.45, 2.75) is 6.04 Å². The topological polar surface area (TPSA) is 61.2 Å². The Morgan fingerprint density at radius 3 is 2.54 bits per heavy atom. The van der Waals surface area contributed by atoms with Crippen molar-refractivity contribution in [2.24, 2.45) is 0 Å². The maximum atomic E-state index is 13.2. The van der Waals surface area contributed by atoms with Crippen LogP contribution in [0.15, 0.2) is 54.9 Å². The van der Waals surface area contributed by atoms with Gasteiger partial charge in [0.15, 0.2) is 11.5 Å². The zero-order valence-corrected chi connectivity index (χ0v) is 14.3. The molecule has 0 aliphatic carbocycles. The average molecular weight is 352 g/mol. The van der Waals surface area contributed by atoms with Crippen molar-refractivity contribution in [3.8, 4) is 11.5 Å². The smallest absolute Gasteiger partial charge is 0.226 e. The van der Waals surface area contributed by atoms with Crippen LogP contribution >= 0.6 is 0 Å². The molecule has 1 N–H and O–H groups in total. The Morgan fingerprint density at radius 1 is 1.04 bits per heavy atom. The molecule has 1 aliphatic heterocycles. The van der Waals surface area contributed by atoms with Gasteiger partial charge in [-0.05, 0) is 53.6 Å². The van der Waals surface area contributed by atoms with Crippen LogP contribution in [0.3, 0.4) is 0 Å². The molecule has 6 nitrogen and oxygen atoms in total. The molecule has 0 fully saturated rings. The number of benzene rings is 2. The Kier molecular flexibility index (Phi) is 4.04. The van der Waals surface area contributed by atoms with E-state index in [1.54, 1.807) is 31.0 Å². The van der Waals surface area contributed by atoms with E-state index in [9.17, 15) is 4.39 Å². The van der Waals surface area contributed by atoms with Crippen molar-refractivity contribution in [1.29, 1.82) is 0 Å². The number of fused-ring (bicyclic) bond motifs is 1. The summed E-state index contributed by atoms with van der Waals surface area (Å²) in [5.41, 5.74) is 2.67. The molecule has 1 unspecified atom stereocenters. The normalized spacial score (nSPS) is 15.7. The minimum atomic E-state index is -0.273. The molecule has 1 atom stereocenters. The summed E-state index contributed by atoms with van der Waals surface area (Å²) in [6.45, 7) is 0. The number of hydrogen-bond acceptors (Lipinski definition) is 5. The predicted molar refractivity (Wildman–Crippen MR) is 95.7 cm³/mol. The zero-order chi connectivity index (χ0) is 18.1. The molecular weight excluding hydrogens is 335 g/mol. The number of allylic oxidation sites excluding steroid dienone is 1. The number of anilines is 1. The monoisotopic (exact) mass is 352 g/mol. The largest absolute Gasteiger partial charge is 0.493 e. The molecule has 0 radical (unpaired) electrons. The lowest BCUT2D eigenvalue weighted by atomic mass is 10.0. The summed E-state index contributed by atoms with van der Waals surface area (Å²) in [7, 11) is 3.20. The van der Waals surface area contributed by atoms with E-state index >= 15 is 0 Å². The second-order valence-electron chi connectivity index (χ2n) is 5.80. The van der Waals surface area contributed by atoms with E-state index in [4.69, 9.17) is 9.47 Å². The molecule has 0 saturated carbocycles. The Morgan fingerprint density at radius 2 is 1.81 bits per heavy atom. The first-order valence-corrected chi connectivity index (χ1v) is 8.06. The molecular formula is C19H17FN4O2. The molecule has 0 amide bonds. The second kappa shape index (κ2) is 6.51. The van der Waals surface area contributed by atoms with Crippen LogP contribution in [0.2, 0.25) is 0 Å². The molecule has 26 heavy (non-hydrogen) atoms. The van der Waals surface area contributed by atoms with Crippen LogP contribution in [0.1, 0.15) is 17.2 Å². The van der Waals surface area contributed by atoms with Gasteiger partial charge in [0, 0.05) is 5.70 Å². The van der Waals surface area contributed by atoms with Gasteiger partial charge in [-0.1, -0.05) is 6.07 Å². The van der Waals surface area contributed by atoms with Gasteiger partial charge in [-0.15, -0.1) is 0 Å². The Labute approximate surface area is 149 Å². The maximum Gasteiger partial charge on any atom is 0.226 e. The van der Waals surface area contributed by atoms with Gasteiger partial charge in [-0.2, -0.15) is 10.1 Å². The van der Waals surface area contributed by atoms with Crippen molar-refractivity contribution in [2.75, 3.05) is 19.5 Å². The Hall–Kier alpha value is -3.35. The fourth-order valence-electron chi connectivity index (χ4n) is 3.01. The zero-order valence-electron chi connectivity index (χ0n) is 14.3. The third-order valence-electron chi connectivity index (χ3n) is 4.31. The summed E-state index contributed by atoms with van der Waals surface area (Å²) >= 11 is 0. The van der Waals surface area contributed by atoms with Crippen LogP contribution in [0.4, 0.5) is 10.3 Å². The van der Waals surface area contributed by atoms with Crippen molar-refractivity contribution >= 4 is 11.6 Å². The van der Waals surface area contributed by atoms with Crippen LogP contribution in [0, 0.1) is 5.82 Å². The number of nitrogens with one attached hydrogen (secondary N) is 1. The van der Waals surface area contributed by atoms with E-state index in [0.717, 1.165) is 16.8 Å². The second-order valence-corrected chi connectivity index (χ2v) is 5.80. The fraction of sp³-hybridized carbons (Fsp3) is 0.158. The highest BCUT2D eigenvalue weighted by Gasteiger charge is 2.24. The van der Waals surface area contributed by atoms with E-state index in [1.165, 1.54) is 18.5 Å². The van der Waals surface area contributed by atoms with Crippen molar-refractivity contribution in [1.82, 2.24) is 14.8 Å². The van der Waals surface area contributed by atoms with E-state index in [-0.39, 0.29) is 11.9 Å². The predicted octanol–water partition coefficient (Wildman–Crippen LogP) is 3.49. The third kappa shape index (κ3) is 2.77. The van der Waals surface area contributed by atoms with Gasteiger partial charge in [0.25, 0.3) is 0 Å². The first-order chi connectivity index (χ1) is 12.7. The number of hydrogen-bond donors (Lipinski definition) is 1. The minimum Gasteiger partial charge on any atom is -0.493 e. The highest BCUT2D eigenvalue weighted by molar-refractivity contribution is 5.77. The van der Waals surface area contributed by atoms with Gasteiger partial charge in [0.2, 0.25) is 5.95 Å². The van der Waals surface area contributed by atoms with Gasteiger partial charge in [-0.25, -0.2) is 9.07 Å². The number of halogens is 1. The molecule has 1 aromatic heterocycles. The first kappa shape index (κ1) is 16.1. The number of nitrogens with zero attached hydrogens (tertiary/aromatic N) is 3. The van der Waals surface area contributed by atoms with Gasteiger partial charge in [-0.3, -0.25) is 0 Å². The van der Waals surface area contributed by atoms with E-state index < -0.39 is 0 Å². The summed E-state index contributed by atoms with van der Waals surface area (Å²) in [5, 5.41) is 7.56. The van der Waals surface area contributed by atoms with E-state index in [0.29, 0.717) is 17.4 Å². The summed E-state index contributed by atoms with van der Waals surface area (Å²) in [4.78, 5) is 4.27. The number of methoxy groups -OCH3 is 2. The van der Waals surface area contributed by atoms with Crippen LogP contribution in [-0.2, 0) is 0 Å². The molecule has 1 aliphatic rings. The third-order valence-corrected chi connectivity index (χ3v) is 4.31. The van der Waals surface area contributed by atoms with Gasteiger partial charge < -0.3 is 14.8 Å². The van der Waals surface area contributed by atoms with Crippen LogP contribution < -0.4 is 14.8 Å².